The average Bonchev–Trinajstić information content (AvgIpc) is 2.76. The van der Waals surface area contributed by atoms with Crippen LogP contribution >= 0.6 is 0 Å². The zero-order valence-electron chi connectivity index (χ0n) is 12.3. The molecule has 0 amide bonds. The lowest BCUT2D eigenvalue weighted by atomic mass is 9.75. The molecule has 1 aliphatic carbocycles. The summed E-state index contributed by atoms with van der Waals surface area (Å²) in [6.07, 6.45) is 8.47. The number of likely N-dealkylation sites (N-methyl/N-ethyl adjacent to an activating group) is 1. The molecule has 3 nitrogen and oxygen atoms in total. The molecular formula is C15H30N2O. The standard InChI is InChI=1S/C15H30N2O/c1-15(2)8-6-12(7-9-15)17(3)11-14-5-4-13(10-16)18-14/h12-14H,4-11,16H2,1-3H3. The topological polar surface area (TPSA) is 38.5 Å². The molecule has 0 aromatic heterocycles. The summed E-state index contributed by atoms with van der Waals surface area (Å²) in [4.78, 5) is 2.53. The molecule has 2 fully saturated rings. The van der Waals surface area contributed by atoms with Crippen molar-refractivity contribution in [2.75, 3.05) is 20.1 Å². The molecule has 3 heteroatoms. The van der Waals surface area contributed by atoms with E-state index in [1.54, 1.807) is 0 Å². The maximum absolute atomic E-state index is 5.95. The Labute approximate surface area is 112 Å². The number of ether oxygens (including phenoxy) is 1. The Hall–Kier alpha value is -0.120. The van der Waals surface area contributed by atoms with Gasteiger partial charge in [0, 0.05) is 19.1 Å². The maximum Gasteiger partial charge on any atom is 0.0707 e. The average molecular weight is 254 g/mol. The minimum Gasteiger partial charge on any atom is -0.372 e. The van der Waals surface area contributed by atoms with Crippen LogP contribution in [0.3, 0.4) is 0 Å². The second kappa shape index (κ2) is 5.89. The van der Waals surface area contributed by atoms with E-state index in [9.17, 15) is 0 Å². The van der Waals surface area contributed by atoms with Crippen LogP contribution in [0.15, 0.2) is 0 Å². The lowest BCUT2D eigenvalue weighted by molar-refractivity contribution is 0.0158. The first-order valence-electron chi connectivity index (χ1n) is 7.56. The van der Waals surface area contributed by atoms with Crippen LogP contribution < -0.4 is 5.73 Å². The lowest BCUT2D eigenvalue weighted by Crippen LogP contribution is -2.41. The second-order valence-corrected chi connectivity index (χ2v) is 7.03. The summed E-state index contributed by atoms with van der Waals surface area (Å²) < 4.78 is 5.95. The van der Waals surface area contributed by atoms with Gasteiger partial charge in [0.05, 0.1) is 12.2 Å². The van der Waals surface area contributed by atoms with Crippen LogP contribution in [0, 0.1) is 5.41 Å². The summed E-state index contributed by atoms with van der Waals surface area (Å²) in [6.45, 7) is 6.56. The smallest absolute Gasteiger partial charge is 0.0707 e. The normalized spacial score (nSPS) is 33.2. The van der Waals surface area contributed by atoms with E-state index in [4.69, 9.17) is 10.5 Å². The molecule has 2 aliphatic rings. The van der Waals surface area contributed by atoms with Crippen molar-refractivity contribution in [1.82, 2.24) is 4.90 Å². The predicted octanol–water partition coefficient (Wildman–Crippen LogP) is 2.39. The third-order valence-electron chi connectivity index (χ3n) is 4.88. The van der Waals surface area contributed by atoms with Crippen molar-refractivity contribution in [1.29, 1.82) is 0 Å². The van der Waals surface area contributed by atoms with Gasteiger partial charge in [0.2, 0.25) is 0 Å². The van der Waals surface area contributed by atoms with Crippen molar-refractivity contribution in [3.05, 3.63) is 0 Å². The molecule has 0 radical (unpaired) electrons. The molecule has 2 rings (SSSR count). The minimum atomic E-state index is 0.314. The van der Waals surface area contributed by atoms with Gasteiger partial charge in [-0.05, 0) is 51.0 Å². The SMILES string of the molecule is CN(CC1CCC(CN)O1)C1CCC(C)(C)CC1. The molecule has 1 aliphatic heterocycles. The van der Waals surface area contributed by atoms with Crippen molar-refractivity contribution in [3.63, 3.8) is 0 Å². The van der Waals surface area contributed by atoms with E-state index in [1.807, 2.05) is 0 Å². The molecule has 2 unspecified atom stereocenters. The molecule has 2 N–H and O–H groups in total. The Morgan fingerprint density at radius 1 is 1.11 bits per heavy atom. The lowest BCUT2D eigenvalue weighted by Gasteiger charge is -2.39. The molecule has 1 saturated heterocycles. The van der Waals surface area contributed by atoms with E-state index in [1.165, 1.54) is 32.1 Å². The van der Waals surface area contributed by atoms with E-state index in [0.717, 1.165) is 19.0 Å². The van der Waals surface area contributed by atoms with Gasteiger partial charge in [-0.1, -0.05) is 13.8 Å². The molecule has 1 saturated carbocycles. The summed E-state index contributed by atoms with van der Waals surface area (Å²) in [5, 5.41) is 0. The van der Waals surface area contributed by atoms with Crippen molar-refractivity contribution in [2.24, 2.45) is 11.1 Å². The van der Waals surface area contributed by atoms with Gasteiger partial charge in [0.25, 0.3) is 0 Å². The van der Waals surface area contributed by atoms with Gasteiger partial charge >= 0.3 is 0 Å². The third-order valence-corrected chi connectivity index (χ3v) is 4.88. The van der Waals surface area contributed by atoms with Crippen LogP contribution in [0.4, 0.5) is 0 Å². The van der Waals surface area contributed by atoms with Gasteiger partial charge in [-0.3, -0.25) is 0 Å². The largest absolute Gasteiger partial charge is 0.372 e. The van der Waals surface area contributed by atoms with Crippen LogP contribution in [0.1, 0.15) is 52.4 Å². The first-order chi connectivity index (χ1) is 8.50. The van der Waals surface area contributed by atoms with Crippen molar-refractivity contribution < 1.29 is 4.74 Å². The summed E-state index contributed by atoms with van der Waals surface area (Å²) >= 11 is 0. The summed E-state index contributed by atoms with van der Waals surface area (Å²) in [7, 11) is 2.27. The highest BCUT2D eigenvalue weighted by atomic mass is 16.5. The van der Waals surface area contributed by atoms with E-state index in [-0.39, 0.29) is 0 Å². The summed E-state index contributed by atoms with van der Waals surface area (Å²) in [5.41, 5.74) is 6.22. The van der Waals surface area contributed by atoms with Gasteiger partial charge in [-0.2, -0.15) is 0 Å². The number of rotatable bonds is 4. The van der Waals surface area contributed by atoms with Crippen LogP contribution in [0.2, 0.25) is 0 Å². The summed E-state index contributed by atoms with van der Waals surface area (Å²) in [6, 6.07) is 0.763. The highest BCUT2D eigenvalue weighted by Gasteiger charge is 2.31. The maximum atomic E-state index is 5.95. The molecule has 0 bridgehead atoms. The Kier molecular flexibility index (Phi) is 4.68. The quantitative estimate of drug-likeness (QED) is 0.837. The molecule has 106 valence electrons. The number of nitrogens with two attached hydrogens (primary N) is 1. The van der Waals surface area contributed by atoms with Crippen LogP contribution in [0.5, 0.6) is 0 Å². The van der Waals surface area contributed by atoms with Crippen LogP contribution in [-0.2, 0) is 4.74 Å². The molecule has 0 spiro atoms. The van der Waals surface area contributed by atoms with Gasteiger partial charge in [0.15, 0.2) is 0 Å². The Morgan fingerprint density at radius 3 is 2.28 bits per heavy atom. The zero-order valence-corrected chi connectivity index (χ0v) is 12.3. The van der Waals surface area contributed by atoms with Crippen molar-refractivity contribution in [2.45, 2.75) is 70.6 Å². The predicted molar refractivity (Wildman–Crippen MR) is 75.6 cm³/mol. The highest BCUT2D eigenvalue weighted by Crippen LogP contribution is 2.36. The molecule has 1 heterocycles. The Balaban J connectivity index is 1.74. The zero-order chi connectivity index (χ0) is 13.2. The number of nitrogens with zero attached hydrogens (tertiary/aromatic N) is 1. The Bertz CT molecular complexity index is 257. The fourth-order valence-electron chi connectivity index (χ4n) is 3.38. The molecule has 0 aromatic rings. The van der Waals surface area contributed by atoms with Gasteiger partial charge in [-0.25, -0.2) is 0 Å². The van der Waals surface area contributed by atoms with Crippen molar-refractivity contribution in [3.8, 4) is 0 Å². The number of hydrogen-bond donors (Lipinski definition) is 1. The number of hydrogen-bond acceptors (Lipinski definition) is 3. The van der Waals surface area contributed by atoms with Gasteiger partial charge in [-0.15, -0.1) is 0 Å². The highest BCUT2D eigenvalue weighted by molar-refractivity contribution is 4.85. The first-order valence-corrected chi connectivity index (χ1v) is 7.56. The van der Waals surface area contributed by atoms with E-state index >= 15 is 0 Å². The molecule has 18 heavy (non-hydrogen) atoms. The molecule has 2 atom stereocenters. The molecule has 0 aromatic carbocycles. The van der Waals surface area contributed by atoms with Crippen molar-refractivity contribution >= 4 is 0 Å². The first kappa shape index (κ1) is 14.3. The van der Waals surface area contributed by atoms with Gasteiger partial charge < -0.3 is 15.4 Å². The van der Waals surface area contributed by atoms with E-state index in [0.29, 0.717) is 24.2 Å². The fourth-order valence-corrected chi connectivity index (χ4v) is 3.38. The van der Waals surface area contributed by atoms with E-state index in [2.05, 4.69) is 25.8 Å². The van der Waals surface area contributed by atoms with Gasteiger partial charge in [0.1, 0.15) is 0 Å². The second-order valence-electron chi connectivity index (χ2n) is 7.03. The fraction of sp³-hybridized carbons (Fsp3) is 1.00. The Morgan fingerprint density at radius 2 is 1.72 bits per heavy atom. The monoisotopic (exact) mass is 254 g/mol. The minimum absolute atomic E-state index is 0.314. The summed E-state index contributed by atoms with van der Waals surface area (Å²) in [5.74, 6) is 0. The third kappa shape index (κ3) is 3.69. The van der Waals surface area contributed by atoms with E-state index < -0.39 is 0 Å². The van der Waals surface area contributed by atoms with Crippen LogP contribution in [0.25, 0.3) is 0 Å². The molecular weight excluding hydrogens is 224 g/mol. The van der Waals surface area contributed by atoms with Crippen LogP contribution in [-0.4, -0.2) is 43.3 Å².